The second-order valence-corrected chi connectivity index (χ2v) is 2.37. The Balaban J connectivity index is 2.86. The van der Waals surface area contributed by atoms with Gasteiger partial charge >= 0.3 is 0 Å². The number of nitrogens with one attached hydrogen (secondary N) is 1. The Hall–Kier alpha value is -1.57. The molecule has 1 N–H and O–H groups in total. The molecule has 0 spiro atoms. The molecule has 0 fully saturated rings. The second-order valence-electron chi connectivity index (χ2n) is 2.37. The van der Waals surface area contributed by atoms with Crippen molar-refractivity contribution in [2.24, 2.45) is 0 Å². The number of allylic oxidation sites excluding steroid dienone is 1. The zero-order valence-electron chi connectivity index (χ0n) is 6.95. The van der Waals surface area contributed by atoms with E-state index in [2.05, 4.69) is 5.32 Å². The average Bonchev–Trinajstić information content (AvgIpc) is 2.15. The minimum absolute atomic E-state index is 0.770. The van der Waals surface area contributed by atoms with E-state index in [-0.39, 0.29) is 0 Å². The second kappa shape index (κ2) is 4.34. The maximum atomic E-state index is 10.0. The van der Waals surface area contributed by atoms with Crippen LogP contribution in [0.4, 0.5) is 5.69 Å². The van der Waals surface area contributed by atoms with E-state index in [1.807, 2.05) is 31.3 Å². The van der Waals surface area contributed by atoms with E-state index in [1.54, 1.807) is 6.08 Å². The lowest BCUT2D eigenvalue weighted by atomic mass is 10.2. The SMILES string of the molecule is CNc1cccc(C=CC=O)c1. The zero-order valence-corrected chi connectivity index (χ0v) is 6.95. The highest BCUT2D eigenvalue weighted by molar-refractivity contribution is 5.74. The Kier molecular flexibility index (Phi) is 3.08. The van der Waals surface area contributed by atoms with E-state index >= 15 is 0 Å². The first kappa shape index (κ1) is 8.53. The normalized spacial score (nSPS) is 10.1. The van der Waals surface area contributed by atoms with E-state index in [9.17, 15) is 4.79 Å². The molecule has 0 aliphatic carbocycles. The summed E-state index contributed by atoms with van der Waals surface area (Å²) >= 11 is 0. The summed E-state index contributed by atoms with van der Waals surface area (Å²) in [5.74, 6) is 0. The van der Waals surface area contributed by atoms with Gasteiger partial charge in [0.05, 0.1) is 0 Å². The minimum Gasteiger partial charge on any atom is -0.388 e. The fourth-order valence-electron chi connectivity index (χ4n) is 0.948. The van der Waals surface area contributed by atoms with Gasteiger partial charge in [-0.25, -0.2) is 0 Å². The molecule has 0 atom stereocenters. The van der Waals surface area contributed by atoms with Crippen LogP contribution in [0.25, 0.3) is 6.08 Å². The van der Waals surface area contributed by atoms with Gasteiger partial charge in [-0.1, -0.05) is 18.2 Å². The third kappa shape index (κ3) is 2.23. The first-order valence-electron chi connectivity index (χ1n) is 3.76. The number of benzene rings is 1. The van der Waals surface area contributed by atoms with Gasteiger partial charge in [-0.2, -0.15) is 0 Å². The Morgan fingerprint density at radius 2 is 2.25 bits per heavy atom. The number of carbonyl (C=O) groups is 1. The molecule has 0 heterocycles. The maximum Gasteiger partial charge on any atom is 0.142 e. The van der Waals surface area contributed by atoms with Gasteiger partial charge in [0.2, 0.25) is 0 Å². The molecule has 0 amide bonds. The number of hydrogen-bond donors (Lipinski definition) is 1. The summed E-state index contributed by atoms with van der Waals surface area (Å²) in [6.07, 6.45) is 4.02. The minimum atomic E-state index is 0.770. The summed E-state index contributed by atoms with van der Waals surface area (Å²) in [7, 11) is 1.86. The molecular weight excluding hydrogens is 150 g/mol. The molecule has 62 valence electrons. The lowest BCUT2D eigenvalue weighted by Crippen LogP contribution is -1.86. The van der Waals surface area contributed by atoms with Crippen LogP contribution in [0.15, 0.2) is 30.3 Å². The molecule has 1 aromatic rings. The molecule has 0 unspecified atom stereocenters. The highest BCUT2D eigenvalue weighted by Gasteiger charge is 1.88. The third-order valence-corrected chi connectivity index (χ3v) is 1.54. The van der Waals surface area contributed by atoms with Crippen LogP contribution in [-0.4, -0.2) is 13.3 Å². The Morgan fingerprint density at radius 3 is 2.92 bits per heavy atom. The molecule has 0 bridgehead atoms. The van der Waals surface area contributed by atoms with Crippen molar-refractivity contribution in [2.45, 2.75) is 0 Å². The quantitative estimate of drug-likeness (QED) is 0.542. The number of hydrogen-bond acceptors (Lipinski definition) is 2. The lowest BCUT2D eigenvalue weighted by molar-refractivity contribution is -0.104. The molecule has 0 aliphatic rings. The van der Waals surface area contributed by atoms with Gasteiger partial charge in [-0.15, -0.1) is 0 Å². The fraction of sp³-hybridized carbons (Fsp3) is 0.100. The van der Waals surface area contributed by atoms with Crippen molar-refractivity contribution < 1.29 is 4.79 Å². The Morgan fingerprint density at radius 1 is 1.42 bits per heavy atom. The Bertz CT molecular complexity index is 292. The van der Waals surface area contributed by atoms with Crippen molar-refractivity contribution >= 4 is 18.0 Å². The van der Waals surface area contributed by atoms with Crippen molar-refractivity contribution in [3.8, 4) is 0 Å². The van der Waals surface area contributed by atoms with Crippen molar-refractivity contribution in [1.29, 1.82) is 0 Å². The summed E-state index contributed by atoms with van der Waals surface area (Å²) in [5, 5.41) is 3.02. The number of anilines is 1. The molecule has 0 radical (unpaired) electrons. The van der Waals surface area contributed by atoms with Crippen LogP contribution in [0, 0.1) is 0 Å². The lowest BCUT2D eigenvalue weighted by Gasteiger charge is -1.99. The number of carbonyl (C=O) groups excluding carboxylic acids is 1. The average molecular weight is 161 g/mol. The molecule has 0 aliphatic heterocycles. The van der Waals surface area contributed by atoms with Crippen LogP contribution in [-0.2, 0) is 4.79 Å². The largest absolute Gasteiger partial charge is 0.388 e. The summed E-state index contributed by atoms with van der Waals surface area (Å²) in [6, 6.07) is 7.83. The van der Waals surface area contributed by atoms with Crippen LogP contribution in [0.5, 0.6) is 0 Å². The van der Waals surface area contributed by atoms with Gasteiger partial charge in [0, 0.05) is 12.7 Å². The zero-order chi connectivity index (χ0) is 8.81. The standard InChI is InChI=1S/C10H11NO/c1-11-10-6-2-4-9(8-10)5-3-7-12/h2-8,11H,1H3. The molecule has 2 heteroatoms. The number of aldehydes is 1. The van der Waals surface area contributed by atoms with E-state index in [0.29, 0.717) is 0 Å². The van der Waals surface area contributed by atoms with Gasteiger partial charge < -0.3 is 5.32 Å². The van der Waals surface area contributed by atoms with Crippen molar-refractivity contribution in [1.82, 2.24) is 0 Å². The molecule has 0 saturated carbocycles. The van der Waals surface area contributed by atoms with E-state index in [0.717, 1.165) is 17.5 Å². The van der Waals surface area contributed by atoms with Crippen LogP contribution < -0.4 is 5.32 Å². The molecule has 0 saturated heterocycles. The van der Waals surface area contributed by atoms with Crippen molar-refractivity contribution in [3.05, 3.63) is 35.9 Å². The molecule has 12 heavy (non-hydrogen) atoms. The fourth-order valence-corrected chi connectivity index (χ4v) is 0.948. The van der Waals surface area contributed by atoms with E-state index < -0.39 is 0 Å². The van der Waals surface area contributed by atoms with Gasteiger partial charge in [0.15, 0.2) is 0 Å². The summed E-state index contributed by atoms with van der Waals surface area (Å²) in [6.45, 7) is 0. The summed E-state index contributed by atoms with van der Waals surface area (Å²) in [4.78, 5) is 10.0. The summed E-state index contributed by atoms with van der Waals surface area (Å²) < 4.78 is 0. The van der Waals surface area contributed by atoms with Gasteiger partial charge in [0.1, 0.15) is 6.29 Å². The monoisotopic (exact) mass is 161 g/mol. The van der Waals surface area contributed by atoms with Crippen molar-refractivity contribution in [2.75, 3.05) is 12.4 Å². The van der Waals surface area contributed by atoms with E-state index in [4.69, 9.17) is 0 Å². The first-order chi connectivity index (χ1) is 5.86. The molecule has 1 rings (SSSR count). The van der Waals surface area contributed by atoms with Crippen LogP contribution in [0.2, 0.25) is 0 Å². The van der Waals surface area contributed by atoms with Crippen LogP contribution in [0.3, 0.4) is 0 Å². The predicted octanol–water partition coefficient (Wildman–Crippen LogP) is 1.94. The molecule has 1 aromatic carbocycles. The van der Waals surface area contributed by atoms with Gasteiger partial charge in [0.25, 0.3) is 0 Å². The maximum absolute atomic E-state index is 10.0. The molecular formula is C10H11NO. The van der Waals surface area contributed by atoms with Crippen molar-refractivity contribution in [3.63, 3.8) is 0 Å². The van der Waals surface area contributed by atoms with Gasteiger partial charge in [-0.3, -0.25) is 4.79 Å². The van der Waals surface area contributed by atoms with Gasteiger partial charge in [-0.05, 0) is 23.8 Å². The number of rotatable bonds is 3. The van der Waals surface area contributed by atoms with Crippen LogP contribution >= 0.6 is 0 Å². The highest BCUT2D eigenvalue weighted by atomic mass is 16.1. The predicted molar refractivity (Wildman–Crippen MR) is 51.1 cm³/mol. The molecule has 2 nitrogen and oxygen atoms in total. The summed E-state index contributed by atoms with van der Waals surface area (Å²) in [5.41, 5.74) is 2.07. The first-order valence-corrected chi connectivity index (χ1v) is 3.76. The highest BCUT2D eigenvalue weighted by Crippen LogP contribution is 2.10. The topological polar surface area (TPSA) is 29.1 Å². The van der Waals surface area contributed by atoms with Crippen LogP contribution in [0.1, 0.15) is 5.56 Å². The smallest absolute Gasteiger partial charge is 0.142 e. The molecule has 0 aromatic heterocycles. The third-order valence-electron chi connectivity index (χ3n) is 1.54. The van der Waals surface area contributed by atoms with E-state index in [1.165, 1.54) is 6.08 Å². The Labute approximate surface area is 71.9 Å².